The zero-order chi connectivity index (χ0) is 13.5. The van der Waals surface area contributed by atoms with E-state index in [4.69, 9.17) is 45.0 Å². The van der Waals surface area contributed by atoms with E-state index in [0.717, 1.165) is 21.8 Å². The molecule has 0 bridgehead atoms. The molecule has 98 valence electrons. The minimum absolute atomic E-state index is 0.853. The molecule has 1 aliphatic rings. The van der Waals surface area contributed by atoms with E-state index in [9.17, 15) is 0 Å². The van der Waals surface area contributed by atoms with Crippen molar-refractivity contribution in [1.82, 2.24) is 0 Å². The molecule has 0 spiro atoms. The predicted octanol–water partition coefficient (Wildman–Crippen LogP) is 4.81. The van der Waals surface area contributed by atoms with Gasteiger partial charge in [0.15, 0.2) is 0 Å². The van der Waals surface area contributed by atoms with Crippen LogP contribution in [0.1, 0.15) is 0 Å². The molecule has 7 heteroatoms. The Kier molecular flexibility index (Phi) is 1.92. The molecule has 2 nitrogen and oxygen atoms in total. The molecule has 0 fully saturated rings. The summed E-state index contributed by atoms with van der Waals surface area (Å²) in [5.74, 6) is 0. The third-order valence-corrected chi connectivity index (χ3v) is 9.79. The van der Waals surface area contributed by atoms with Crippen LogP contribution in [0.2, 0.25) is 0 Å². The van der Waals surface area contributed by atoms with Gasteiger partial charge in [-0.05, 0) is 0 Å². The van der Waals surface area contributed by atoms with E-state index in [1.165, 1.54) is 0 Å². The van der Waals surface area contributed by atoms with Crippen LogP contribution in [-0.4, -0.2) is 0 Å². The van der Waals surface area contributed by atoms with Crippen molar-refractivity contribution in [2.24, 2.45) is 0 Å². The summed E-state index contributed by atoms with van der Waals surface area (Å²) in [7, 11) is 0. The van der Waals surface area contributed by atoms with E-state index < -0.39 is 3.66 Å². The third-order valence-electron chi connectivity index (χ3n) is 3.52. The van der Waals surface area contributed by atoms with Crippen LogP contribution in [-0.2, 0) is 0 Å². The summed E-state index contributed by atoms with van der Waals surface area (Å²) in [6, 6.07) is 11.6. The number of rotatable bonds is 0. The van der Waals surface area contributed by atoms with Gasteiger partial charge in [-0.3, -0.25) is 0 Å². The monoisotopic (exact) mass is 351 g/mol. The molecule has 3 aromatic rings. The SMILES string of the molecule is Cl[P-]1(Cl)(Cl)(Cl)[n+]2cccc3ccc4ccc[n+]1c4c32. The first-order valence-corrected chi connectivity index (χ1v) is 11.8. The Morgan fingerprint density at radius 2 is 1.11 bits per heavy atom. The second-order valence-electron chi connectivity index (χ2n) is 4.72. The number of halogens is 4. The van der Waals surface area contributed by atoms with Crippen molar-refractivity contribution in [2.75, 3.05) is 0 Å². The van der Waals surface area contributed by atoms with Gasteiger partial charge in [0.05, 0.1) is 0 Å². The first kappa shape index (κ1) is 12.4. The minimum atomic E-state index is -4.90. The standard InChI is InChI=1S/C12H8Cl4N2P/c13-19(14,15,16)17-7-1-3-9-5-6-10-4-2-8-18(19)12(10)11(9)17/h1-8H/q+1. The fraction of sp³-hybridized carbons (Fsp3) is 0. The van der Waals surface area contributed by atoms with E-state index in [2.05, 4.69) is 0 Å². The summed E-state index contributed by atoms with van der Waals surface area (Å²) in [5, 5.41) is 1.98. The van der Waals surface area contributed by atoms with Gasteiger partial charge in [-0.1, -0.05) is 0 Å². The van der Waals surface area contributed by atoms with E-state index >= 15 is 0 Å². The number of hydrogen-bond donors (Lipinski definition) is 0. The van der Waals surface area contributed by atoms with Crippen molar-refractivity contribution in [1.29, 1.82) is 0 Å². The van der Waals surface area contributed by atoms with Crippen LogP contribution in [0.5, 0.6) is 0 Å². The van der Waals surface area contributed by atoms with Crippen LogP contribution in [0.4, 0.5) is 0 Å². The second-order valence-corrected chi connectivity index (χ2v) is 20.6. The van der Waals surface area contributed by atoms with E-state index in [1.807, 2.05) is 36.4 Å². The summed E-state index contributed by atoms with van der Waals surface area (Å²) < 4.78 is -1.69. The molecule has 0 atom stereocenters. The van der Waals surface area contributed by atoms with Gasteiger partial charge in [-0.25, -0.2) is 0 Å². The molecule has 0 saturated heterocycles. The summed E-state index contributed by atoms with van der Waals surface area (Å²) >= 11 is 26.6. The van der Waals surface area contributed by atoms with Gasteiger partial charge >= 0.3 is 128 Å². The molecule has 0 amide bonds. The van der Waals surface area contributed by atoms with Crippen molar-refractivity contribution in [3.63, 3.8) is 0 Å². The van der Waals surface area contributed by atoms with Crippen LogP contribution >= 0.6 is 48.6 Å². The van der Waals surface area contributed by atoms with Crippen molar-refractivity contribution >= 4 is 70.4 Å². The first-order valence-electron chi connectivity index (χ1n) is 5.61. The van der Waals surface area contributed by atoms with E-state index in [0.29, 0.717) is 0 Å². The molecule has 2 aromatic heterocycles. The predicted molar refractivity (Wildman–Crippen MR) is 83.0 cm³/mol. The van der Waals surface area contributed by atoms with Gasteiger partial charge in [0.1, 0.15) is 0 Å². The number of benzene rings is 1. The molecule has 19 heavy (non-hydrogen) atoms. The summed E-state index contributed by atoms with van der Waals surface area (Å²) in [4.78, 5) is 0. The molecule has 0 radical (unpaired) electrons. The molecule has 1 aromatic carbocycles. The molecule has 3 heterocycles. The Morgan fingerprint density at radius 1 is 0.684 bits per heavy atom. The molecular formula is C12H8Cl4N2P+. The molecule has 0 unspecified atom stereocenters. The van der Waals surface area contributed by atoms with Gasteiger partial charge < -0.3 is 0 Å². The summed E-state index contributed by atoms with van der Waals surface area (Å²) in [6.45, 7) is 0. The third kappa shape index (κ3) is 1.34. The van der Waals surface area contributed by atoms with Crippen LogP contribution in [0, 0.1) is 0 Å². The Morgan fingerprint density at radius 3 is 1.53 bits per heavy atom. The molecule has 0 aliphatic carbocycles. The summed E-state index contributed by atoms with van der Waals surface area (Å²) in [5.41, 5.74) is 1.71. The molecule has 0 saturated carbocycles. The van der Waals surface area contributed by atoms with Gasteiger partial charge in [0.25, 0.3) is 0 Å². The Balaban J connectivity index is 2.49. The van der Waals surface area contributed by atoms with Crippen molar-refractivity contribution < 1.29 is 8.68 Å². The van der Waals surface area contributed by atoms with Gasteiger partial charge in [-0.15, -0.1) is 0 Å². The zero-order valence-electron chi connectivity index (χ0n) is 9.47. The molecule has 1 aliphatic heterocycles. The topological polar surface area (TPSA) is 7.76 Å². The average Bonchev–Trinajstić information content (AvgIpc) is 2.52. The fourth-order valence-electron chi connectivity index (χ4n) is 2.72. The van der Waals surface area contributed by atoms with Gasteiger partial charge in [-0.2, -0.15) is 0 Å². The van der Waals surface area contributed by atoms with Crippen LogP contribution in [0.15, 0.2) is 48.8 Å². The number of nitrogens with zero attached hydrogens (tertiary/aromatic N) is 2. The van der Waals surface area contributed by atoms with Crippen LogP contribution in [0.25, 0.3) is 21.8 Å². The number of pyridine rings is 2. The average molecular weight is 353 g/mol. The summed E-state index contributed by atoms with van der Waals surface area (Å²) in [6.07, 6.45) is 3.45. The maximum absolute atomic E-state index is 6.64. The fourth-order valence-corrected chi connectivity index (χ4v) is 7.84. The maximum atomic E-state index is 6.64. The van der Waals surface area contributed by atoms with Crippen molar-refractivity contribution in [3.8, 4) is 0 Å². The zero-order valence-corrected chi connectivity index (χ0v) is 13.4. The Bertz CT molecular complexity index is 832. The Labute approximate surface area is 127 Å². The number of hydrogen-bond acceptors (Lipinski definition) is 0. The number of aromatic nitrogens is 2. The van der Waals surface area contributed by atoms with Crippen LogP contribution < -0.4 is 8.68 Å². The van der Waals surface area contributed by atoms with Crippen molar-refractivity contribution in [2.45, 2.75) is 0 Å². The van der Waals surface area contributed by atoms with E-state index in [-0.39, 0.29) is 0 Å². The van der Waals surface area contributed by atoms with Crippen molar-refractivity contribution in [3.05, 3.63) is 48.8 Å². The molecule has 4 rings (SSSR count). The molecule has 0 N–H and O–H groups in total. The second kappa shape index (κ2) is 2.95. The van der Waals surface area contributed by atoms with Gasteiger partial charge in [0.2, 0.25) is 0 Å². The van der Waals surface area contributed by atoms with Gasteiger partial charge in [0, 0.05) is 0 Å². The first-order chi connectivity index (χ1) is 8.72. The van der Waals surface area contributed by atoms with E-state index in [1.54, 1.807) is 21.1 Å². The molecular weight excluding hydrogens is 345 g/mol. The quantitative estimate of drug-likeness (QED) is 0.405. The normalized spacial score (nSPS) is 24.8. The Hall–Kier alpha value is -0.370. The van der Waals surface area contributed by atoms with Crippen LogP contribution in [0.3, 0.4) is 0 Å².